The van der Waals surface area contributed by atoms with Crippen LogP contribution in [-0.4, -0.2) is 12.1 Å². The Morgan fingerprint density at radius 1 is 1.21 bits per heavy atom. The van der Waals surface area contributed by atoms with Crippen molar-refractivity contribution in [3.63, 3.8) is 0 Å². The Bertz CT molecular complexity index is 196. The predicted octanol–water partition coefficient (Wildman–Crippen LogP) is 3.22. The molecule has 0 fully saturated rings. The number of hydrogen-bond acceptors (Lipinski definition) is 2. The molecule has 0 aromatic carbocycles. The number of carbonyl (C=O) groups is 1. The van der Waals surface area contributed by atoms with Crippen LogP contribution in [-0.2, 0) is 9.53 Å². The second-order valence-electron chi connectivity index (χ2n) is 3.95. The first kappa shape index (κ1) is 11.3. The van der Waals surface area contributed by atoms with E-state index in [4.69, 9.17) is 4.74 Å². The number of hydrogen-bond donors (Lipinski definition) is 0. The van der Waals surface area contributed by atoms with Crippen molar-refractivity contribution in [2.24, 2.45) is 0 Å². The lowest BCUT2D eigenvalue weighted by Crippen LogP contribution is -2.14. The van der Waals surface area contributed by atoms with Gasteiger partial charge in [0.25, 0.3) is 0 Å². The monoisotopic (exact) mass is 196 g/mol. The van der Waals surface area contributed by atoms with Gasteiger partial charge in [-0.15, -0.1) is 0 Å². The van der Waals surface area contributed by atoms with Crippen molar-refractivity contribution in [1.29, 1.82) is 0 Å². The molecule has 0 aliphatic carbocycles. The van der Waals surface area contributed by atoms with Crippen molar-refractivity contribution in [1.82, 2.24) is 0 Å². The average Bonchev–Trinajstić information content (AvgIpc) is 2.13. The summed E-state index contributed by atoms with van der Waals surface area (Å²) in [7, 11) is 0. The molecule has 2 nitrogen and oxygen atoms in total. The van der Waals surface area contributed by atoms with Crippen molar-refractivity contribution in [3.05, 3.63) is 12.2 Å². The van der Waals surface area contributed by atoms with Crippen LogP contribution in [0.15, 0.2) is 12.2 Å². The summed E-state index contributed by atoms with van der Waals surface area (Å²) in [5, 5.41) is 0. The zero-order chi connectivity index (χ0) is 10.2. The molecule has 0 N–H and O–H groups in total. The molecule has 1 unspecified atom stereocenters. The van der Waals surface area contributed by atoms with Crippen LogP contribution < -0.4 is 0 Å². The van der Waals surface area contributed by atoms with E-state index >= 15 is 0 Å². The zero-order valence-corrected chi connectivity index (χ0v) is 9.00. The average molecular weight is 196 g/mol. The fraction of sp³-hybridized carbons (Fsp3) is 0.750. The third-order valence-electron chi connectivity index (χ3n) is 2.48. The van der Waals surface area contributed by atoms with Gasteiger partial charge in [0.1, 0.15) is 0 Å². The summed E-state index contributed by atoms with van der Waals surface area (Å²) >= 11 is 0. The highest BCUT2D eigenvalue weighted by molar-refractivity contribution is 5.69. The standard InChI is InChI=1S/C12H20O2/c1-11-9-7-5-3-2-4-6-8-10-12(13)14-11/h2-3,11H,4-10H2,1H3. The van der Waals surface area contributed by atoms with Crippen molar-refractivity contribution < 1.29 is 9.53 Å². The summed E-state index contributed by atoms with van der Waals surface area (Å²) in [6, 6.07) is 0. The van der Waals surface area contributed by atoms with Gasteiger partial charge in [-0.3, -0.25) is 4.79 Å². The summed E-state index contributed by atoms with van der Waals surface area (Å²) in [5.74, 6) is -0.0259. The summed E-state index contributed by atoms with van der Waals surface area (Å²) in [5.41, 5.74) is 0. The minimum absolute atomic E-state index is 0.0259. The Labute approximate surface area is 86.3 Å². The highest BCUT2D eigenvalue weighted by Gasteiger charge is 2.08. The van der Waals surface area contributed by atoms with Gasteiger partial charge in [0.05, 0.1) is 6.10 Å². The Morgan fingerprint density at radius 3 is 2.71 bits per heavy atom. The molecule has 1 aliphatic rings. The molecule has 1 aliphatic heterocycles. The summed E-state index contributed by atoms with van der Waals surface area (Å²) in [6.07, 6.45) is 11.5. The van der Waals surface area contributed by atoms with Gasteiger partial charge in [-0.25, -0.2) is 0 Å². The third kappa shape index (κ3) is 5.05. The van der Waals surface area contributed by atoms with Crippen molar-refractivity contribution in [2.75, 3.05) is 0 Å². The summed E-state index contributed by atoms with van der Waals surface area (Å²) < 4.78 is 5.26. The van der Waals surface area contributed by atoms with Crippen LogP contribution in [0.5, 0.6) is 0 Å². The first-order chi connectivity index (χ1) is 6.79. The van der Waals surface area contributed by atoms with Crippen LogP contribution in [0, 0.1) is 0 Å². The van der Waals surface area contributed by atoms with E-state index in [0.29, 0.717) is 6.42 Å². The van der Waals surface area contributed by atoms with E-state index in [2.05, 4.69) is 12.2 Å². The quantitative estimate of drug-likeness (QED) is 0.439. The van der Waals surface area contributed by atoms with Gasteiger partial charge in [0, 0.05) is 6.42 Å². The Hall–Kier alpha value is -0.790. The van der Waals surface area contributed by atoms with E-state index in [1.54, 1.807) is 0 Å². The van der Waals surface area contributed by atoms with Crippen molar-refractivity contribution in [3.8, 4) is 0 Å². The van der Waals surface area contributed by atoms with Gasteiger partial charge in [-0.1, -0.05) is 12.2 Å². The molecule has 1 heterocycles. The van der Waals surface area contributed by atoms with Crippen LogP contribution in [0.1, 0.15) is 51.9 Å². The van der Waals surface area contributed by atoms with Crippen LogP contribution in [0.4, 0.5) is 0 Å². The maximum Gasteiger partial charge on any atom is 0.306 e. The first-order valence-corrected chi connectivity index (χ1v) is 5.63. The minimum atomic E-state index is -0.0259. The van der Waals surface area contributed by atoms with Gasteiger partial charge in [0.15, 0.2) is 0 Å². The fourth-order valence-electron chi connectivity index (χ4n) is 1.63. The largest absolute Gasteiger partial charge is 0.463 e. The SMILES string of the molecule is CC1CCCC=CCCCCC(=O)O1. The van der Waals surface area contributed by atoms with Crippen molar-refractivity contribution >= 4 is 5.97 Å². The molecule has 0 aromatic rings. The topological polar surface area (TPSA) is 26.3 Å². The molecule has 1 atom stereocenters. The van der Waals surface area contributed by atoms with Crippen LogP contribution in [0.3, 0.4) is 0 Å². The number of rotatable bonds is 0. The van der Waals surface area contributed by atoms with E-state index in [-0.39, 0.29) is 12.1 Å². The Kier molecular flexibility index (Phi) is 5.35. The lowest BCUT2D eigenvalue weighted by atomic mass is 10.1. The normalized spacial score (nSPS) is 26.1. The number of ether oxygens (including phenoxy) is 1. The van der Waals surface area contributed by atoms with Crippen molar-refractivity contribution in [2.45, 2.75) is 58.0 Å². The highest BCUT2D eigenvalue weighted by atomic mass is 16.5. The van der Waals surface area contributed by atoms with Gasteiger partial charge in [0.2, 0.25) is 0 Å². The molecule has 0 bridgehead atoms. The fourth-order valence-corrected chi connectivity index (χ4v) is 1.63. The number of esters is 1. The molecule has 0 aromatic heterocycles. The molecule has 1 rings (SSSR count). The van der Waals surface area contributed by atoms with E-state index in [1.807, 2.05) is 6.92 Å². The molecule has 0 spiro atoms. The smallest absolute Gasteiger partial charge is 0.306 e. The molecular formula is C12H20O2. The van der Waals surface area contributed by atoms with E-state index in [1.165, 1.54) is 0 Å². The van der Waals surface area contributed by atoms with Gasteiger partial charge < -0.3 is 4.74 Å². The van der Waals surface area contributed by atoms with E-state index in [0.717, 1.165) is 38.5 Å². The van der Waals surface area contributed by atoms with Crippen LogP contribution in [0.2, 0.25) is 0 Å². The maximum atomic E-state index is 11.3. The number of cyclic esters (lactones) is 1. The minimum Gasteiger partial charge on any atom is -0.463 e. The van der Waals surface area contributed by atoms with E-state index in [9.17, 15) is 4.79 Å². The first-order valence-electron chi connectivity index (χ1n) is 5.63. The van der Waals surface area contributed by atoms with Crippen LogP contribution >= 0.6 is 0 Å². The lowest BCUT2D eigenvalue weighted by Gasteiger charge is -2.13. The molecule has 14 heavy (non-hydrogen) atoms. The second kappa shape index (κ2) is 6.63. The lowest BCUT2D eigenvalue weighted by molar-refractivity contribution is -0.148. The van der Waals surface area contributed by atoms with Gasteiger partial charge in [-0.2, -0.15) is 0 Å². The van der Waals surface area contributed by atoms with Gasteiger partial charge in [-0.05, 0) is 45.4 Å². The number of carbonyl (C=O) groups excluding carboxylic acids is 1. The maximum absolute atomic E-state index is 11.3. The Morgan fingerprint density at radius 2 is 1.93 bits per heavy atom. The molecular weight excluding hydrogens is 176 g/mol. The molecule has 80 valence electrons. The van der Waals surface area contributed by atoms with Crippen LogP contribution in [0.25, 0.3) is 0 Å². The van der Waals surface area contributed by atoms with Gasteiger partial charge >= 0.3 is 5.97 Å². The van der Waals surface area contributed by atoms with E-state index < -0.39 is 0 Å². The zero-order valence-electron chi connectivity index (χ0n) is 9.00. The molecule has 2 heteroatoms. The third-order valence-corrected chi connectivity index (χ3v) is 2.48. The highest BCUT2D eigenvalue weighted by Crippen LogP contribution is 2.10. The summed E-state index contributed by atoms with van der Waals surface area (Å²) in [6.45, 7) is 1.98. The molecule has 0 saturated heterocycles. The second-order valence-corrected chi connectivity index (χ2v) is 3.95. The summed E-state index contributed by atoms with van der Waals surface area (Å²) in [4.78, 5) is 11.3. The predicted molar refractivity (Wildman–Crippen MR) is 57.0 cm³/mol. The molecule has 0 saturated carbocycles. The Balaban J connectivity index is 2.35. The number of allylic oxidation sites excluding steroid dienone is 2. The molecule has 0 radical (unpaired) electrons. The molecule has 0 amide bonds.